The van der Waals surface area contributed by atoms with Gasteiger partial charge in [-0.3, -0.25) is 0 Å². The summed E-state index contributed by atoms with van der Waals surface area (Å²) in [5.41, 5.74) is 2.26. The molecule has 1 nitrogen and oxygen atoms in total. The van der Waals surface area contributed by atoms with Gasteiger partial charge in [-0.1, -0.05) is 45.7 Å². The summed E-state index contributed by atoms with van der Waals surface area (Å²) in [7, 11) is 0. The Bertz CT molecular complexity index is 557. The van der Waals surface area contributed by atoms with Crippen molar-refractivity contribution in [2.75, 3.05) is 5.32 Å². The Morgan fingerprint density at radius 2 is 1.78 bits per heavy atom. The first kappa shape index (κ1) is 13.9. The number of halogens is 3. The summed E-state index contributed by atoms with van der Waals surface area (Å²) < 4.78 is 2.01. The molecule has 0 aliphatic rings. The molecule has 2 aromatic carbocycles. The van der Waals surface area contributed by atoms with Crippen LogP contribution < -0.4 is 5.32 Å². The molecule has 0 saturated carbocycles. The molecule has 4 heteroatoms. The van der Waals surface area contributed by atoms with Crippen LogP contribution in [0.15, 0.2) is 51.4 Å². The fourth-order valence-corrected chi connectivity index (χ4v) is 2.86. The lowest BCUT2D eigenvalue weighted by Crippen LogP contribution is -2.07. The molecule has 0 heterocycles. The molecular formula is C14H12Br2ClN. The molecule has 0 amide bonds. The van der Waals surface area contributed by atoms with Gasteiger partial charge < -0.3 is 5.32 Å². The maximum absolute atomic E-state index is 5.98. The minimum Gasteiger partial charge on any atom is -0.378 e. The highest BCUT2D eigenvalue weighted by molar-refractivity contribution is 9.10. The molecule has 0 spiro atoms. The molecule has 18 heavy (non-hydrogen) atoms. The van der Waals surface area contributed by atoms with Gasteiger partial charge in [0.05, 0.1) is 5.02 Å². The number of rotatable bonds is 3. The van der Waals surface area contributed by atoms with Crippen molar-refractivity contribution in [3.05, 3.63) is 62.0 Å². The molecule has 1 N–H and O–H groups in total. The van der Waals surface area contributed by atoms with Crippen molar-refractivity contribution < 1.29 is 0 Å². The van der Waals surface area contributed by atoms with Gasteiger partial charge in [-0.05, 0) is 52.7 Å². The molecule has 1 atom stereocenters. The minimum absolute atomic E-state index is 0.216. The lowest BCUT2D eigenvalue weighted by Gasteiger charge is -2.17. The van der Waals surface area contributed by atoms with Crippen LogP contribution in [-0.4, -0.2) is 0 Å². The average molecular weight is 390 g/mol. The van der Waals surface area contributed by atoms with Gasteiger partial charge in [0.2, 0.25) is 0 Å². The van der Waals surface area contributed by atoms with Crippen molar-refractivity contribution in [1.29, 1.82) is 0 Å². The first-order valence-corrected chi connectivity index (χ1v) is 7.50. The van der Waals surface area contributed by atoms with E-state index in [4.69, 9.17) is 11.6 Å². The largest absolute Gasteiger partial charge is 0.378 e. The van der Waals surface area contributed by atoms with Gasteiger partial charge in [0.15, 0.2) is 0 Å². The Kier molecular flexibility index (Phi) is 4.71. The topological polar surface area (TPSA) is 12.0 Å². The highest BCUT2D eigenvalue weighted by Gasteiger charge is 2.09. The van der Waals surface area contributed by atoms with Gasteiger partial charge in [0, 0.05) is 20.7 Å². The number of anilines is 1. The van der Waals surface area contributed by atoms with Crippen molar-refractivity contribution in [1.82, 2.24) is 0 Å². The summed E-state index contributed by atoms with van der Waals surface area (Å²) in [5.74, 6) is 0. The average Bonchev–Trinajstić information content (AvgIpc) is 2.34. The van der Waals surface area contributed by atoms with E-state index in [-0.39, 0.29) is 6.04 Å². The Balaban J connectivity index is 2.19. The van der Waals surface area contributed by atoms with E-state index in [1.807, 2.05) is 36.4 Å². The molecule has 2 rings (SSSR count). The zero-order valence-electron chi connectivity index (χ0n) is 9.75. The van der Waals surface area contributed by atoms with E-state index in [9.17, 15) is 0 Å². The van der Waals surface area contributed by atoms with E-state index < -0.39 is 0 Å². The second kappa shape index (κ2) is 6.09. The maximum atomic E-state index is 5.98. The molecule has 94 valence electrons. The van der Waals surface area contributed by atoms with E-state index in [0.717, 1.165) is 14.6 Å². The fraction of sp³-hybridized carbons (Fsp3) is 0.143. The summed E-state index contributed by atoms with van der Waals surface area (Å²) in [6, 6.07) is 14.2. The lowest BCUT2D eigenvalue weighted by atomic mass is 10.1. The van der Waals surface area contributed by atoms with Gasteiger partial charge >= 0.3 is 0 Å². The normalized spacial score (nSPS) is 12.2. The molecule has 2 aromatic rings. The summed E-state index contributed by atoms with van der Waals surface area (Å²) in [4.78, 5) is 0. The van der Waals surface area contributed by atoms with Crippen molar-refractivity contribution in [3.8, 4) is 0 Å². The van der Waals surface area contributed by atoms with E-state index in [1.165, 1.54) is 5.56 Å². The summed E-state index contributed by atoms with van der Waals surface area (Å²) >= 11 is 13.0. The van der Waals surface area contributed by atoms with Crippen LogP contribution in [0.25, 0.3) is 0 Å². The predicted molar refractivity (Wildman–Crippen MR) is 85.3 cm³/mol. The smallest absolute Gasteiger partial charge is 0.0549 e. The van der Waals surface area contributed by atoms with Crippen LogP contribution in [0.4, 0.5) is 5.69 Å². The van der Waals surface area contributed by atoms with Crippen LogP contribution in [0.3, 0.4) is 0 Å². The fourth-order valence-electron chi connectivity index (χ4n) is 1.74. The quantitative estimate of drug-likeness (QED) is 0.675. The first-order chi connectivity index (χ1) is 8.58. The second-order valence-corrected chi connectivity index (χ2v) is 6.13. The summed E-state index contributed by atoms with van der Waals surface area (Å²) in [5, 5.41) is 4.17. The van der Waals surface area contributed by atoms with Crippen molar-refractivity contribution in [3.63, 3.8) is 0 Å². The van der Waals surface area contributed by atoms with E-state index in [2.05, 4.69) is 50.2 Å². The number of hydrogen-bond donors (Lipinski definition) is 1. The molecule has 0 bridgehead atoms. The summed E-state index contributed by atoms with van der Waals surface area (Å²) in [6.07, 6.45) is 0. The molecule has 1 unspecified atom stereocenters. The zero-order chi connectivity index (χ0) is 13.1. The van der Waals surface area contributed by atoms with Gasteiger partial charge in [-0.2, -0.15) is 0 Å². The van der Waals surface area contributed by atoms with E-state index >= 15 is 0 Å². The Morgan fingerprint density at radius 3 is 2.44 bits per heavy atom. The Hall–Kier alpha value is -0.510. The van der Waals surface area contributed by atoms with Gasteiger partial charge in [-0.15, -0.1) is 0 Å². The predicted octanol–water partition coefficient (Wildman–Crippen LogP) is 6.04. The first-order valence-electron chi connectivity index (χ1n) is 5.54. The van der Waals surface area contributed by atoms with Crippen LogP contribution in [0, 0.1) is 0 Å². The third kappa shape index (κ3) is 3.28. The van der Waals surface area contributed by atoms with E-state index in [1.54, 1.807) is 0 Å². The zero-order valence-corrected chi connectivity index (χ0v) is 13.7. The van der Waals surface area contributed by atoms with Crippen molar-refractivity contribution >= 4 is 49.1 Å². The van der Waals surface area contributed by atoms with Crippen LogP contribution in [0.5, 0.6) is 0 Å². The van der Waals surface area contributed by atoms with Gasteiger partial charge in [-0.25, -0.2) is 0 Å². The molecule has 0 saturated heterocycles. The van der Waals surface area contributed by atoms with Crippen molar-refractivity contribution in [2.45, 2.75) is 13.0 Å². The maximum Gasteiger partial charge on any atom is 0.0549 e. The molecule has 0 fully saturated rings. The third-order valence-corrected chi connectivity index (χ3v) is 4.61. The monoisotopic (exact) mass is 387 g/mol. The standard InChI is InChI=1S/C14H12Br2ClN/c1-9(11-4-2-3-5-12(11)15)18-10-6-7-14(17)13(16)8-10/h2-9,18H,1H3. The van der Waals surface area contributed by atoms with Gasteiger partial charge in [0.25, 0.3) is 0 Å². The van der Waals surface area contributed by atoms with Crippen LogP contribution in [0.2, 0.25) is 5.02 Å². The van der Waals surface area contributed by atoms with Crippen molar-refractivity contribution in [2.24, 2.45) is 0 Å². The number of benzene rings is 2. The second-order valence-electron chi connectivity index (χ2n) is 4.02. The SMILES string of the molecule is CC(Nc1ccc(Cl)c(Br)c1)c1ccccc1Br. The van der Waals surface area contributed by atoms with Crippen LogP contribution >= 0.6 is 43.5 Å². The number of nitrogens with one attached hydrogen (secondary N) is 1. The Morgan fingerprint density at radius 1 is 1.06 bits per heavy atom. The van der Waals surface area contributed by atoms with Crippen LogP contribution in [-0.2, 0) is 0 Å². The lowest BCUT2D eigenvalue weighted by molar-refractivity contribution is 0.879. The highest BCUT2D eigenvalue weighted by Crippen LogP contribution is 2.29. The number of hydrogen-bond acceptors (Lipinski definition) is 1. The molecule has 0 aliphatic carbocycles. The highest BCUT2D eigenvalue weighted by atomic mass is 79.9. The molecule has 0 aromatic heterocycles. The van der Waals surface area contributed by atoms with Crippen LogP contribution in [0.1, 0.15) is 18.5 Å². The molecule has 0 aliphatic heterocycles. The summed E-state index contributed by atoms with van der Waals surface area (Å²) in [6.45, 7) is 2.13. The third-order valence-electron chi connectivity index (χ3n) is 2.67. The van der Waals surface area contributed by atoms with E-state index in [0.29, 0.717) is 5.02 Å². The van der Waals surface area contributed by atoms with Gasteiger partial charge in [0.1, 0.15) is 0 Å². The molecular weight excluding hydrogens is 377 g/mol. The Labute approximate surface area is 129 Å². The molecule has 0 radical (unpaired) electrons. The minimum atomic E-state index is 0.216.